The number of aromatic nitrogens is 5. The van der Waals surface area contributed by atoms with Crippen molar-refractivity contribution in [1.29, 1.82) is 0 Å². The van der Waals surface area contributed by atoms with E-state index in [0.717, 1.165) is 42.8 Å². The van der Waals surface area contributed by atoms with E-state index in [2.05, 4.69) is 25.2 Å². The maximum atomic E-state index is 12.5. The lowest BCUT2D eigenvalue weighted by molar-refractivity contribution is 0.0927. The van der Waals surface area contributed by atoms with Crippen LogP contribution in [-0.4, -0.2) is 36.5 Å². The molecule has 4 rings (SSSR count). The monoisotopic (exact) mass is 310 g/mol. The largest absolute Gasteiger partial charge is 0.347 e. The first-order valence-electron chi connectivity index (χ1n) is 7.88. The van der Waals surface area contributed by atoms with Crippen molar-refractivity contribution < 1.29 is 4.79 Å². The van der Waals surface area contributed by atoms with Crippen molar-refractivity contribution in [2.24, 2.45) is 0 Å². The minimum absolute atomic E-state index is 0.0634. The summed E-state index contributed by atoms with van der Waals surface area (Å²) in [5, 5.41) is 11.3. The zero-order valence-corrected chi connectivity index (χ0v) is 12.9. The standard InChI is InChI=1S/C16H18N6O/c1-2-22-14-5-3-11(9-13(14)19-20-22)16(23)18-12-4-6-15-17-7-8-21(15)10-12/h3,5,7-9,12H,2,4,6,10H2,1H3,(H,18,23)/t12-/m1/s1. The van der Waals surface area contributed by atoms with Gasteiger partial charge >= 0.3 is 0 Å². The Bertz CT molecular complexity index is 864. The number of nitrogens with one attached hydrogen (secondary N) is 1. The molecule has 1 amide bonds. The topological polar surface area (TPSA) is 77.6 Å². The number of benzene rings is 1. The second-order valence-corrected chi connectivity index (χ2v) is 5.81. The van der Waals surface area contributed by atoms with Crippen LogP contribution >= 0.6 is 0 Å². The van der Waals surface area contributed by atoms with Crippen molar-refractivity contribution in [3.8, 4) is 0 Å². The van der Waals surface area contributed by atoms with E-state index in [1.165, 1.54) is 0 Å². The number of hydrogen-bond donors (Lipinski definition) is 1. The highest BCUT2D eigenvalue weighted by atomic mass is 16.1. The second-order valence-electron chi connectivity index (χ2n) is 5.81. The molecule has 0 bridgehead atoms. The van der Waals surface area contributed by atoms with Gasteiger partial charge in [-0.15, -0.1) is 5.10 Å². The first-order chi connectivity index (χ1) is 11.2. The second kappa shape index (κ2) is 5.49. The summed E-state index contributed by atoms with van der Waals surface area (Å²) >= 11 is 0. The zero-order valence-electron chi connectivity index (χ0n) is 12.9. The molecular formula is C16H18N6O. The molecule has 0 saturated carbocycles. The van der Waals surface area contributed by atoms with Gasteiger partial charge in [0, 0.05) is 43.5 Å². The molecule has 0 unspecified atom stereocenters. The van der Waals surface area contributed by atoms with Gasteiger partial charge in [-0.2, -0.15) is 0 Å². The van der Waals surface area contributed by atoms with Crippen molar-refractivity contribution in [3.05, 3.63) is 42.0 Å². The summed E-state index contributed by atoms with van der Waals surface area (Å²) in [4.78, 5) is 16.8. The van der Waals surface area contributed by atoms with E-state index in [1.54, 1.807) is 6.07 Å². The van der Waals surface area contributed by atoms with Gasteiger partial charge in [0.2, 0.25) is 0 Å². The van der Waals surface area contributed by atoms with E-state index in [4.69, 9.17) is 0 Å². The molecule has 0 spiro atoms. The Morgan fingerprint density at radius 2 is 2.35 bits per heavy atom. The summed E-state index contributed by atoms with van der Waals surface area (Å²) in [5.74, 6) is 1.03. The van der Waals surface area contributed by atoms with Crippen LogP contribution in [0.3, 0.4) is 0 Å². The predicted molar refractivity (Wildman–Crippen MR) is 85.0 cm³/mol. The fourth-order valence-electron chi connectivity index (χ4n) is 3.10. The molecule has 0 aliphatic carbocycles. The lowest BCUT2D eigenvalue weighted by atomic mass is 10.1. The van der Waals surface area contributed by atoms with Crippen LogP contribution in [-0.2, 0) is 19.5 Å². The van der Waals surface area contributed by atoms with Gasteiger partial charge in [0.1, 0.15) is 11.3 Å². The summed E-state index contributed by atoms with van der Waals surface area (Å²) in [5.41, 5.74) is 2.32. The maximum absolute atomic E-state index is 12.5. The molecule has 1 atom stereocenters. The van der Waals surface area contributed by atoms with Crippen LogP contribution in [0.4, 0.5) is 0 Å². The van der Waals surface area contributed by atoms with E-state index in [0.29, 0.717) is 5.56 Å². The number of hydrogen-bond acceptors (Lipinski definition) is 4. The normalized spacial score (nSPS) is 17.2. The SMILES string of the molecule is CCn1nnc2cc(C(=O)N[C@@H]3CCc4nccn4C3)ccc21. The van der Waals surface area contributed by atoms with Gasteiger partial charge in [-0.3, -0.25) is 4.79 Å². The van der Waals surface area contributed by atoms with Crippen molar-refractivity contribution in [2.75, 3.05) is 0 Å². The van der Waals surface area contributed by atoms with Gasteiger partial charge in [-0.05, 0) is 31.5 Å². The Morgan fingerprint density at radius 1 is 1.43 bits per heavy atom. The molecule has 1 aliphatic heterocycles. The molecule has 1 N–H and O–H groups in total. The van der Waals surface area contributed by atoms with E-state index >= 15 is 0 Å². The van der Waals surface area contributed by atoms with Gasteiger partial charge in [-0.1, -0.05) is 5.21 Å². The van der Waals surface area contributed by atoms with Gasteiger partial charge in [0.15, 0.2) is 0 Å². The molecular weight excluding hydrogens is 292 g/mol. The van der Waals surface area contributed by atoms with E-state index in [9.17, 15) is 4.79 Å². The van der Waals surface area contributed by atoms with Crippen molar-refractivity contribution >= 4 is 16.9 Å². The molecule has 118 valence electrons. The summed E-state index contributed by atoms with van der Waals surface area (Å²) in [6.45, 7) is 3.55. The molecule has 23 heavy (non-hydrogen) atoms. The van der Waals surface area contributed by atoms with Gasteiger partial charge in [0.05, 0.1) is 5.52 Å². The van der Waals surface area contributed by atoms with Crippen LogP contribution in [0.1, 0.15) is 29.5 Å². The first-order valence-corrected chi connectivity index (χ1v) is 7.88. The molecule has 0 radical (unpaired) electrons. The molecule has 1 aromatic carbocycles. The Hall–Kier alpha value is -2.70. The van der Waals surface area contributed by atoms with Crippen LogP contribution < -0.4 is 5.32 Å². The minimum Gasteiger partial charge on any atom is -0.347 e. The highest BCUT2D eigenvalue weighted by Crippen LogP contribution is 2.16. The lowest BCUT2D eigenvalue weighted by Gasteiger charge is -2.24. The number of rotatable bonds is 3. The van der Waals surface area contributed by atoms with E-state index in [-0.39, 0.29) is 11.9 Å². The number of imidazole rings is 1. The third-order valence-corrected chi connectivity index (χ3v) is 4.35. The van der Waals surface area contributed by atoms with Crippen molar-refractivity contribution in [2.45, 2.75) is 38.9 Å². The van der Waals surface area contributed by atoms with E-state index < -0.39 is 0 Å². The highest BCUT2D eigenvalue weighted by Gasteiger charge is 2.21. The fraction of sp³-hybridized carbons (Fsp3) is 0.375. The van der Waals surface area contributed by atoms with E-state index in [1.807, 2.05) is 36.1 Å². The molecule has 0 fully saturated rings. The zero-order chi connectivity index (χ0) is 15.8. The Morgan fingerprint density at radius 3 is 3.22 bits per heavy atom. The quantitative estimate of drug-likeness (QED) is 0.793. The van der Waals surface area contributed by atoms with Crippen LogP contribution in [0.2, 0.25) is 0 Å². The van der Waals surface area contributed by atoms with Crippen LogP contribution in [0.25, 0.3) is 11.0 Å². The number of carbonyl (C=O) groups excluding carboxylic acids is 1. The number of carbonyl (C=O) groups is 1. The fourth-order valence-corrected chi connectivity index (χ4v) is 3.10. The number of amides is 1. The third kappa shape index (κ3) is 2.48. The van der Waals surface area contributed by atoms with Gasteiger partial charge in [-0.25, -0.2) is 9.67 Å². The minimum atomic E-state index is -0.0634. The van der Waals surface area contributed by atoms with Crippen LogP contribution in [0.15, 0.2) is 30.6 Å². The van der Waals surface area contributed by atoms with Crippen LogP contribution in [0, 0.1) is 0 Å². The summed E-state index contributed by atoms with van der Waals surface area (Å²) in [6, 6.07) is 5.67. The molecule has 2 aromatic heterocycles. The maximum Gasteiger partial charge on any atom is 0.251 e. The highest BCUT2D eigenvalue weighted by molar-refractivity contribution is 5.97. The molecule has 7 heteroatoms. The molecule has 0 saturated heterocycles. The molecule has 3 heterocycles. The Balaban J connectivity index is 1.51. The Kier molecular flexibility index (Phi) is 3.33. The average Bonchev–Trinajstić information content (AvgIpc) is 3.19. The number of aryl methyl sites for hydroxylation is 2. The number of nitrogens with zero attached hydrogens (tertiary/aromatic N) is 5. The lowest BCUT2D eigenvalue weighted by Crippen LogP contribution is -2.40. The Labute approximate surface area is 133 Å². The molecule has 3 aromatic rings. The van der Waals surface area contributed by atoms with Crippen molar-refractivity contribution in [1.82, 2.24) is 29.9 Å². The van der Waals surface area contributed by atoms with Crippen LogP contribution in [0.5, 0.6) is 0 Å². The summed E-state index contributed by atoms with van der Waals surface area (Å²) in [7, 11) is 0. The van der Waals surface area contributed by atoms with Gasteiger partial charge < -0.3 is 9.88 Å². The third-order valence-electron chi connectivity index (χ3n) is 4.35. The summed E-state index contributed by atoms with van der Waals surface area (Å²) in [6.07, 6.45) is 5.58. The average molecular weight is 310 g/mol. The smallest absolute Gasteiger partial charge is 0.251 e. The summed E-state index contributed by atoms with van der Waals surface area (Å²) < 4.78 is 3.92. The first kappa shape index (κ1) is 13.9. The number of fused-ring (bicyclic) bond motifs is 2. The predicted octanol–water partition coefficient (Wildman–Crippen LogP) is 1.39. The molecule has 1 aliphatic rings. The van der Waals surface area contributed by atoms with Crippen molar-refractivity contribution in [3.63, 3.8) is 0 Å². The molecule has 7 nitrogen and oxygen atoms in total. The van der Waals surface area contributed by atoms with Gasteiger partial charge in [0.25, 0.3) is 5.91 Å².